The number of carbonyl (C=O) groups excluding carboxylic acids is 1. The maximum absolute atomic E-state index is 12.9. The van der Waals surface area contributed by atoms with E-state index in [0.29, 0.717) is 5.56 Å². The molecule has 0 aliphatic rings. The second-order valence-electron chi connectivity index (χ2n) is 4.73. The highest BCUT2D eigenvalue weighted by atomic mass is 19.1. The number of ether oxygens (including phenoxy) is 2. The van der Waals surface area contributed by atoms with Crippen molar-refractivity contribution in [3.63, 3.8) is 0 Å². The maximum atomic E-state index is 12.9. The molecule has 2 rings (SSSR count). The molecule has 0 saturated carbocycles. The summed E-state index contributed by atoms with van der Waals surface area (Å²) in [6, 6.07) is 11.3. The number of benzene rings is 2. The summed E-state index contributed by atoms with van der Waals surface area (Å²) in [6.45, 7) is -0.227. The van der Waals surface area contributed by atoms with E-state index in [4.69, 9.17) is 4.74 Å². The van der Waals surface area contributed by atoms with Gasteiger partial charge in [-0.1, -0.05) is 24.3 Å². The van der Waals surface area contributed by atoms with Crippen molar-refractivity contribution >= 4 is 17.7 Å². The summed E-state index contributed by atoms with van der Waals surface area (Å²) in [5.41, 5.74) is 0.508. The van der Waals surface area contributed by atoms with Crippen molar-refractivity contribution in [1.82, 2.24) is 0 Å². The highest BCUT2D eigenvalue weighted by Crippen LogP contribution is 2.26. The Morgan fingerprint density at radius 2 is 1.88 bits per heavy atom. The van der Waals surface area contributed by atoms with Crippen LogP contribution in [0.15, 0.2) is 54.1 Å². The van der Waals surface area contributed by atoms with Crippen molar-refractivity contribution in [3.05, 3.63) is 75.6 Å². The maximum Gasteiger partial charge on any atom is 0.337 e. The van der Waals surface area contributed by atoms with Crippen LogP contribution in [0.5, 0.6) is 5.75 Å². The molecule has 0 heterocycles. The molecule has 2 aromatic rings. The van der Waals surface area contributed by atoms with Gasteiger partial charge in [-0.2, -0.15) is 0 Å². The molecule has 2 aromatic carbocycles. The van der Waals surface area contributed by atoms with Crippen molar-refractivity contribution < 1.29 is 23.6 Å². The molecule has 0 fully saturated rings. The predicted octanol–water partition coefficient (Wildman–Crippen LogP) is 3.37. The monoisotopic (exact) mass is 331 g/mol. The molecular formula is C17H14FNO5. The summed E-state index contributed by atoms with van der Waals surface area (Å²) in [7, 11) is 1.21. The van der Waals surface area contributed by atoms with Gasteiger partial charge in [0.15, 0.2) is 5.75 Å². The summed E-state index contributed by atoms with van der Waals surface area (Å²) < 4.78 is 23.0. The molecule has 0 aliphatic carbocycles. The second kappa shape index (κ2) is 7.87. The molecule has 0 aromatic heterocycles. The highest BCUT2D eigenvalue weighted by Gasteiger charge is 2.16. The highest BCUT2D eigenvalue weighted by molar-refractivity contribution is 5.94. The topological polar surface area (TPSA) is 78.7 Å². The Morgan fingerprint density at radius 3 is 2.50 bits per heavy atom. The SMILES string of the molecule is COC(=O)/C(=C/c1ccc(F)cc1)COc1ccccc1[N+](=O)[O-]. The van der Waals surface area contributed by atoms with E-state index in [9.17, 15) is 19.3 Å². The smallest absolute Gasteiger partial charge is 0.337 e. The normalized spacial score (nSPS) is 11.0. The number of hydrogen-bond donors (Lipinski definition) is 0. The van der Waals surface area contributed by atoms with Crippen molar-refractivity contribution in [2.45, 2.75) is 0 Å². The lowest BCUT2D eigenvalue weighted by Gasteiger charge is -2.09. The average Bonchev–Trinajstić information content (AvgIpc) is 2.59. The van der Waals surface area contributed by atoms with Crippen LogP contribution in [-0.2, 0) is 9.53 Å². The fourth-order valence-electron chi connectivity index (χ4n) is 1.94. The van der Waals surface area contributed by atoms with Gasteiger partial charge in [-0.15, -0.1) is 0 Å². The molecule has 0 unspecified atom stereocenters. The summed E-state index contributed by atoms with van der Waals surface area (Å²) in [5, 5.41) is 11.0. The van der Waals surface area contributed by atoms with Crippen molar-refractivity contribution in [2.24, 2.45) is 0 Å². The number of nitro benzene ring substituents is 1. The molecule has 0 radical (unpaired) electrons. The van der Waals surface area contributed by atoms with Crippen LogP contribution in [-0.4, -0.2) is 24.6 Å². The van der Waals surface area contributed by atoms with Crippen LogP contribution in [0.1, 0.15) is 5.56 Å². The number of hydrogen-bond acceptors (Lipinski definition) is 5. The first-order chi connectivity index (χ1) is 11.5. The first kappa shape index (κ1) is 17.1. The van der Waals surface area contributed by atoms with Crippen LogP contribution in [0.2, 0.25) is 0 Å². The van der Waals surface area contributed by atoms with Gasteiger partial charge in [0.2, 0.25) is 0 Å². The third-order valence-corrected chi connectivity index (χ3v) is 3.10. The minimum Gasteiger partial charge on any atom is -0.482 e. The van der Waals surface area contributed by atoms with Gasteiger partial charge in [0, 0.05) is 6.07 Å². The summed E-state index contributed by atoms with van der Waals surface area (Å²) in [5.74, 6) is -1.00. The lowest BCUT2D eigenvalue weighted by Crippen LogP contribution is -2.13. The minimum absolute atomic E-state index is 0.0383. The fraction of sp³-hybridized carbons (Fsp3) is 0.118. The molecule has 24 heavy (non-hydrogen) atoms. The number of esters is 1. The van der Waals surface area contributed by atoms with Crippen LogP contribution in [0.4, 0.5) is 10.1 Å². The number of nitro groups is 1. The summed E-state index contributed by atoms with van der Waals surface area (Å²) >= 11 is 0. The zero-order valence-corrected chi connectivity index (χ0v) is 12.8. The Balaban J connectivity index is 2.23. The summed E-state index contributed by atoms with van der Waals surface area (Å²) in [6.07, 6.45) is 1.47. The van der Waals surface area contributed by atoms with E-state index in [1.165, 1.54) is 55.7 Å². The van der Waals surface area contributed by atoms with E-state index < -0.39 is 16.7 Å². The second-order valence-corrected chi connectivity index (χ2v) is 4.73. The van der Waals surface area contributed by atoms with Crippen LogP contribution in [0.25, 0.3) is 6.08 Å². The molecule has 124 valence electrons. The van der Waals surface area contributed by atoms with E-state index in [1.54, 1.807) is 6.07 Å². The molecule has 0 N–H and O–H groups in total. The van der Waals surface area contributed by atoms with Gasteiger partial charge in [-0.05, 0) is 29.8 Å². The quantitative estimate of drug-likeness (QED) is 0.351. The Hall–Kier alpha value is -3.22. The molecule has 0 bridgehead atoms. The largest absolute Gasteiger partial charge is 0.482 e. The van der Waals surface area contributed by atoms with Gasteiger partial charge in [-0.25, -0.2) is 9.18 Å². The number of methoxy groups -OCH3 is 1. The zero-order valence-electron chi connectivity index (χ0n) is 12.8. The van der Waals surface area contributed by atoms with Crippen molar-refractivity contribution in [2.75, 3.05) is 13.7 Å². The lowest BCUT2D eigenvalue weighted by molar-refractivity contribution is -0.385. The third kappa shape index (κ3) is 4.39. The Labute approximate surface area is 137 Å². The van der Waals surface area contributed by atoms with Crippen LogP contribution >= 0.6 is 0 Å². The molecule has 0 spiro atoms. The van der Waals surface area contributed by atoms with Crippen LogP contribution in [0, 0.1) is 15.9 Å². The van der Waals surface area contributed by atoms with E-state index in [0.717, 1.165) is 0 Å². The summed E-state index contributed by atoms with van der Waals surface area (Å²) in [4.78, 5) is 22.2. The molecule has 7 heteroatoms. The Kier molecular flexibility index (Phi) is 5.62. The molecule has 0 saturated heterocycles. The van der Waals surface area contributed by atoms with E-state index in [1.807, 2.05) is 0 Å². The predicted molar refractivity (Wildman–Crippen MR) is 85.0 cm³/mol. The third-order valence-electron chi connectivity index (χ3n) is 3.10. The molecule has 0 amide bonds. The van der Waals surface area contributed by atoms with Crippen LogP contribution < -0.4 is 4.74 Å². The fourth-order valence-corrected chi connectivity index (χ4v) is 1.94. The van der Waals surface area contributed by atoms with Gasteiger partial charge in [0.25, 0.3) is 0 Å². The van der Waals surface area contributed by atoms with Crippen LogP contribution in [0.3, 0.4) is 0 Å². The molecular weight excluding hydrogens is 317 g/mol. The lowest BCUT2D eigenvalue weighted by atomic mass is 10.1. The first-order valence-corrected chi connectivity index (χ1v) is 6.92. The minimum atomic E-state index is -0.641. The van der Waals surface area contributed by atoms with Crippen molar-refractivity contribution in [3.8, 4) is 5.75 Å². The standard InChI is InChI=1S/C17H14FNO5/c1-23-17(20)13(10-12-6-8-14(18)9-7-12)11-24-16-5-3-2-4-15(16)19(21)22/h2-10H,11H2,1H3/b13-10+. The van der Waals surface area contributed by atoms with Gasteiger partial charge >= 0.3 is 11.7 Å². The number of rotatable bonds is 6. The number of para-hydroxylation sites is 2. The molecule has 0 atom stereocenters. The number of carbonyl (C=O) groups is 1. The van der Waals surface area contributed by atoms with Gasteiger partial charge in [0.1, 0.15) is 12.4 Å². The Bertz CT molecular complexity index is 771. The van der Waals surface area contributed by atoms with E-state index >= 15 is 0 Å². The van der Waals surface area contributed by atoms with Gasteiger partial charge < -0.3 is 9.47 Å². The number of halogens is 1. The van der Waals surface area contributed by atoms with Gasteiger partial charge in [0.05, 0.1) is 17.6 Å². The van der Waals surface area contributed by atoms with Gasteiger partial charge in [-0.3, -0.25) is 10.1 Å². The molecule has 6 nitrogen and oxygen atoms in total. The Morgan fingerprint density at radius 1 is 1.21 bits per heavy atom. The zero-order chi connectivity index (χ0) is 17.5. The first-order valence-electron chi connectivity index (χ1n) is 6.92. The number of nitrogens with zero attached hydrogens (tertiary/aromatic N) is 1. The van der Waals surface area contributed by atoms with Crippen molar-refractivity contribution in [1.29, 1.82) is 0 Å². The molecule has 0 aliphatic heterocycles. The van der Waals surface area contributed by atoms with E-state index in [-0.39, 0.29) is 23.6 Å². The average molecular weight is 331 g/mol. The van der Waals surface area contributed by atoms with E-state index in [2.05, 4.69) is 4.74 Å².